The first-order chi connectivity index (χ1) is 6.01. The van der Waals surface area contributed by atoms with Gasteiger partial charge in [0, 0.05) is 18.8 Å². The van der Waals surface area contributed by atoms with E-state index in [1.165, 1.54) is 21.4 Å². The summed E-state index contributed by atoms with van der Waals surface area (Å²) in [5.74, 6) is -3.08. The van der Waals surface area contributed by atoms with E-state index in [1.807, 2.05) is 0 Å². The minimum atomic E-state index is -3.22. The Morgan fingerprint density at radius 1 is 1.46 bits per heavy atom. The van der Waals surface area contributed by atoms with Crippen molar-refractivity contribution >= 4 is 14.9 Å². The van der Waals surface area contributed by atoms with E-state index < -0.39 is 5.85 Å². The average Bonchev–Trinajstić information content (AvgIpc) is 2.01. The maximum Gasteiger partial charge on any atom is 0.408 e. The Labute approximate surface area is 77.5 Å². The highest BCUT2D eigenvalue weighted by molar-refractivity contribution is 7.17. The van der Waals surface area contributed by atoms with E-state index >= 15 is 0 Å². The molecule has 0 amide bonds. The van der Waals surface area contributed by atoms with Crippen molar-refractivity contribution in [2.75, 3.05) is 12.4 Å². The molecule has 1 aromatic carbocycles. The Hall–Kier alpha value is -0.890. The molecule has 13 heavy (non-hydrogen) atoms. The lowest BCUT2D eigenvalue weighted by atomic mass is 10.3. The van der Waals surface area contributed by atoms with Gasteiger partial charge in [-0.2, -0.15) is 8.78 Å². The quantitative estimate of drug-likeness (QED) is 0.765. The zero-order valence-corrected chi connectivity index (χ0v) is 8.21. The highest BCUT2D eigenvalue weighted by atomic mass is 31.0. The van der Waals surface area contributed by atoms with Crippen molar-refractivity contribution in [3.8, 4) is 5.75 Å². The second kappa shape index (κ2) is 3.88. The first-order valence-electron chi connectivity index (χ1n) is 3.65. The normalized spacial score (nSPS) is 11.1. The fourth-order valence-corrected chi connectivity index (χ4v) is 1.01. The molecule has 5 heteroatoms. The summed E-state index contributed by atoms with van der Waals surface area (Å²) in [6.07, 6.45) is 0. The monoisotopic (exact) mass is 205 g/mol. The lowest BCUT2D eigenvalue weighted by Crippen LogP contribution is -2.14. The molecular weight excluding hydrogens is 195 g/mol. The van der Waals surface area contributed by atoms with Gasteiger partial charge in [0.2, 0.25) is 0 Å². The zero-order valence-electron chi connectivity index (χ0n) is 7.05. The molecule has 0 bridgehead atoms. The molecular formula is C8H10F2NOP. The van der Waals surface area contributed by atoms with Crippen LogP contribution in [0.15, 0.2) is 24.3 Å². The van der Waals surface area contributed by atoms with Crippen molar-refractivity contribution in [1.29, 1.82) is 0 Å². The van der Waals surface area contributed by atoms with Gasteiger partial charge < -0.3 is 10.1 Å². The lowest BCUT2D eigenvalue weighted by molar-refractivity contribution is -0.0891. The Bertz CT molecular complexity index is 288. The van der Waals surface area contributed by atoms with Gasteiger partial charge in [-0.05, 0) is 21.4 Å². The van der Waals surface area contributed by atoms with Crippen LogP contribution in [0.2, 0.25) is 0 Å². The molecule has 72 valence electrons. The number of nitrogens with one attached hydrogen (secondary N) is 1. The van der Waals surface area contributed by atoms with Crippen LogP contribution in [0.25, 0.3) is 0 Å². The minimum Gasteiger partial charge on any atom is -0.430 e. The number of alkyl halides is 2. The fraction of sp³-hybridized carbons (Fsp3) is 0.250. The number of rotatable bonds is 3. The van der Waals surface area contributed by atoms with Gasteiger partial charge in [-0.25, -0.2) is 0 Å². The molecule has 1 aromatic rings. The molecule has 0 fully saturated rings. The van der Waals surface area contributed by atoms with Gasteiger partial charge in [-0.3, -0.25) is 0 Å². The van der Waals surface area contributed by atoms with Crippen LogP contribution in [-0.4, -0.2) is 12.9 Å². The third-order valence-corrected chi connectivity index (χ3v) is 1.49. The summed E-state index contributed by atoms with van der Waals surface area (Å²) in [5.41, 5.74) is 0.728. The summed E-state index contributed by atoms with van der Waals surface area (Å²) in [4.78, 5) is 0. The summed E-state index contributed by atoms with van der Waals surface area (Å²) >= 11 is 0. The predicted octanol–water partition coefficient (Wildman–Crippen LogP) is 2.53. The van der Waals surface area contributed by atoms with Crippen molar-refractivity contribution in [3.63, 3.8) is 0 Å². The largest absolute Gasteiger partial charge is 0.430 e. The topological polar surface area (TPSA) is 21.3 Å². The Kier molecular flexibility index (Phi) is 3.04. The summed E-state index contributed by atoms with van der Waals surface area (Å²) < 4.78 is 29.1. The average molecular weight is 205 g/mol. The van der Waals surface area contributed by atoms with Gasteiger partial charge in [0.05, 0.1) is 0 Å². The molecule has 1 unspecified atom stereocenters. The summed E-state index contributed by atoms with van der Waals surface area (Å²) in [6, 6.07) is 6.36. The molecule has 1 atom stereocenters. The number of anilines is 1. The van der Waals surface area contributed by atoms with Crippen LogP contribution < -0.4 is 10.1 Å². The van der Waals surface area contributed by atoms with E-state index in [0.717, 1.165) is 5.69 Å². The predicted molar refractivity (Wildman–Crippen MR) is 51.3 cm³/mol. The van der Waals surface area contributed by atoms with Crippen molar-refractivity contribution in [2.24, 2.45) is 0 Å². The summed E-state index contributed by atoms with van der Waals surface area (Å²) in [7, 11) is 3.03. The molecule has 0 spiro atoms. The van der Waals surface area contributed by atoms with E-state index in [4.69, 9.17) is 0 Å². The maximum absolute atomic E-state index is 12.4. The van der Waals surface area contributed by atoms with Crippen LogP contribution in [-0.2, 0) is 0 Å². The van der Waals surface area contributed by atoms with E-state index in [2.05, 4.69) is 10.1 Å². The Morgan fingerprint density at radius 2 is 2.15 bits per heavy atom. The lowest BCUT2D eigenvalue weighted by Gasteiger charge is -2.13. The molecule has 0 aliphatic rings. The third kappa shape index (κ3) is 3.55. The van der Waals surface area contributed by atoms with E-state index in [9.17, 15) is 8.78 Å². The molecule has 1 rings (SSSR count). The maximum atomic E-state index is 12.4. The van der Waals surface area contributed by atoms with Crippen molar-refractivity contribution in [1.82, 2.24) is 0 Å². The van der Waals surface area contributed by atoms with E-state index in [0.29, 0.717) is 0 Å². The Balaban J connectivity index is 2.78. The first kappa shape index (κ1) is 10.2. The number of halogens is 2. The highest BCUT2D eigenvalue weighted by Crippen LogP contribution is 2.28. The smallest absolute Gasteiger partial charge is 0.408 e. The number of benzene rings is 1. The number of ether oxygens (including phenoxy) is 1. The summed E-state index contributed by atoms with van der Waals surface area (Å²) in [5, 5.41) is 2.82. The number of hydrogen-bond acceptors (Lipinski definition) is 2. The summed E-state index contributed by atoms with van der Waals surface area (Å²) in [6.45, 7) is 0. The van der Waals surface area contributed by atoms with Crippen LogP contribution in [0.3, 0.4) is 0 Å². The van der Waals surface area contributed by atoms with Gasteiger partial charge >= 0.3 is 5.85 Å². The Morgan fingerprint density at radius 3 is 2.69 bits per heavy atom. The standard InChI is InChI=1S/C8H10F2NOP/c1-11-6-3-2-4-7(5-6)12-8(9,10)13/h2-5,11H,13H2,1H3. The van der Waals surface area contributed by atoms with Gasteiger partial charge in [-0.15, -0.1) is 0 Å². The van der Waals surface area contributed by atoms with E-state index in [1.54, 1.807) is 19.2 Å². The van der Waals surface area contributed by atoms with Crippen LogP contribution in [0, 0.1) is 0 Å². The highest BCUT2D eigenvalue weighted by Gasteiger charge is 2.23. The molecule has 0 saturated heterocycles. The second-order valence-corrected chi connectivity index (χ2v) is 3.11. The molecule has 0 aliphatic heterocycles. The molecule has 0 aromatic heterocycles. The van der Waals surface area contributed by atoms with Gasteiger partial charge in [0.1, 0.15) is 5.75 Å². The van der Waals surface area contributed by atoms with Crippen LogP contribution in [0.5, 0.6) is 5.75 Å². The van der Waals surface area contributed by atoms with E-state index in [-0.39, 0.29) is 5.75 Å². The van der Waals surface area contributed by atoms with Gasteiger partial charge in [0.15, 0.2) is 0 Å². The van der Waals surface area contributed by atoms with Crippen LogP contribution in [0.1, 0.15) is 0 Å². The minimum absolute atomic E-state index is 0.131. The van der Waals surface area contributed by atoms with Crippen LogP contribution >= 0.6 is 9.24 Å². The SMILES string of the molecule is CNc1cccc(OC(F)(F)P)c1. The van der Waals surface area contributed by atoms with Gasteiger partial charge in [0.25, 0.3) is 0 Å². The second-order valence-electron chi connectivity index (χ2n) is 2.44. The van der Waals surface area contributed by atoms with Crippen molar-refractivity contribution in [2.45, 2.75) is 5.85 Å². The molecule has 0 saturated carbocycles. The molecule has 0 aliphatic carbocycles. The molecule has 2 nitrogen and oxygen atoms in total. The van der Waals surface area contributed by atoms with Crippen molar-refractivity contribution < 1.29 is 13.5 Å². The molecule has 1 N–H and O–H groups in total. The first-order valence-corrected chi connectivity index (χ1v) is 4.22. The third-order valence-electron chi connectivity index (χ3n) is 1.38. The fourth-order valence-electron chi connectivity index (χ4n) is 0.872. The zero-order chi connectivity index (χ0) is 9.90. The number of hydrogen-bond donors (Lipinski definition) is 1. The molecule has 0 radical (unpaired) electrons. The van der Waals surface area contributed by atoms with Crippen LogP contribution in [0.4, 0.5) is 14.5 Å². The van der Waals surface area contributed by atoms with Gasteiger partial charge in [-0.1, -0.05) is 6.07 Å². The molecule has 0 heterocycles. The van der Waals surface area contributed by atoms with Crippen molar-refractivity contribution in [3.05, 3.63) is 24.3 Å².